The van der Waals surface area contributed by atoms with Gasteiger partial charge in [0.05, 0.1) is 24.5 Å². The van der Waals surface area contributed by atoms with Crippen LogP contribution in [0.15, 0.2) is 41.0 Å². The molecule has 0 spiro atoms. The zero-order valence-electron chi connectivity index (χ0n) is 12.5. The number of rotatable bonds is 4. The molecule has 0 atom stereocenters. The zero-order valence-corrected chi connectivity index (χ0v) is 12.5. The first kappa shape index (κ1) is 15.5. The van der Waals surface area contributed by atoms with Crippen LogP contribution in [0.2, 0.25) is 0 Å². The predicted molar refractivity (Wildman–Crippen MR) is 76.8 cm³/mol. The Bertz CT molecular complexity index is 817. The minimum atomic E-state index is -0.989. The first-order chi connectivity index (χ1) is 11.5. The maximum Gasteiger partial charge on any atom is 0.367 e. The van der Waals surface area contributed by atoms with Crippen LogP contribution < -0.4 is 0 Å². The molecule has 0 aliphatic carbocycles. The molecule has 0 fully saturated rings. The fourth-order valence-corrected chi connectivity index (χ4v) is 2.24. The van der Waals surface area contributed by atoms with Crippen LogP contribution >= 0.6 is 0 Å². The van der Waals surface area contributed by atoms with Crippen molar-refractivity contribution in [2.24, 2.45) is 0 Å². The highest BCUT2D eigenvalue weighted by molar-refractivity contribution is 6.21. The zero-order chi connectivity index (χ0) is 17.3. The Hall–Kier alpha value is -3.42. The van der Waals surface area contributed by atoms with E-state index in [4.69, 9.17) is 9.25 Å². The van der Waals surface area contributed by atoms with Gasteiger partial charge in [0.2, 0.25) is 0 Å². The third-order valence-corrected chi connectivity index (χ3v) is 3.43. The quantitative estimate of drug-likeness (QED) is 0.616. The summed E-state index contributed by atoms with van der Waals surface area (Å²) in [5.74, 6) is -3.05. The molecule has 122 valence electrons. The molecule has 1 aromatic carbocycles. The van der Waals surface area contributed by atoms with Crippen LogP contribution in [0.3, 0.4) is 0 Å². The van der Waals surface area contributed by atoms with Crippen LogP contribution in [0.1, 0.15) is 36.8 Å². The van der Waals surface area contributed by atoms with E-state index in [0.717, 1.165) is 0 Å². The van der Waals surface area contributed by atoms with E-state index in [0.29, 0.717) is 5.06 Å². The number of esters is 1. The maximum atomic E-state index is 12.2. The van der Waals surface area contributed by atoms with E-state index in [1.54, 1.807) is 12.1 Å². The van der Waals surface area contributed by atoms with Gasteiger partial charge in [0.25, 0.3) is 11.8 Å². The molecular formula is C16H11NO7. The van der Waals surface area contributed by atoms with Gasteiger partial charge in [-0.25, -0.2) is 4.79 Å². The molecule has 0 bridgehead atoms. The largest absolute Gasteiger partial charge is 0.469 e. The molecule has 24 heavy (non-hydrogen) atoms. The van der Waals surface area contributed by atoms with Gasteiger partial charge < -0.3 is 14.0 Å². The van der Waals surface area contributed by atoms with Crippen LogP contribution in [0.5, 0.6) is 0 Å². The maximum absolute atomic E-state index is 12.2. The lowest BCUT2D eigenvalue weighted by molar-refractivity contribution is -0.140. The molecule has 2 heterocycles. The molecule has 1 aliphatic heterocycles. The highest BCUT2D eigenvalue weighted by atomic mass is 16.7. The van der Waals surface area contributed by atoms with Crippen molar-refractivity contribution in [1.82, 2.24) is 5.06 Å². The van der Waals surface area contributed by atoms with Gasteiger partial charge in [-0.05, 0) is 18.2 Å². The van der Waals surface area contributed by atoms with Crippen LogP contribution in [0.4, 0.5) is 0 Å². The van der Waals surface area contributed by atoms with Crippen molar-refractivity contribution in [3.63, 3.8) is 0 Å². The summed E-state index contributed by atoms with van der Waals surface area (Å²) in [4.78, 5) is 52.7. The van der Waals surface area contributed by atoms with Gasteiger partial charge in [0.1, 0.15) is 17.7 Å². The van der Waals surface area contributed by atoms with Crippen molar-refractivity contribution in [2.75, 3.05) is 7.11 Å². The van der Waals surface area contributed by atoms with Crippen molar-refractivity contribution in [1.29, 1.82) is 0 Å². The van der Waals surface area contributed by atoms with Gasteiger partial charge in [0, 0.05) is 0 Å². The van der Waals surface area contributed by atoms with Crippen molar-refractivity contribution >= 4 is 23.8 Å². The highest BCUT2D eigenvalue weighted by Crippen LogP contribution is 2.24. The van der Waals surface area contributed by atoms with Gasteiger partial charge >= 0.3 is 11.9 Å². The summed E-state index contributed by atoms with van der Waals surface area (Å²) >= 11 is 0. The number of methoxy groups -OCH3 is 1. The SMILES string of the molecule is COC(=O)Cc1occc1C(=O)ON1C(=O)c2ccccc2C1=O. The number of carbonyl (C=O) groups excluding carboxylic acids is 4. The number of furan rings is 1. The van der Waals surface area contributed by atoms with E-state index >= 15 is 0 Å². The second kappa shape index (κ2) is 5.99. The second-order valence-electron chi connectivity index (χ2n) is 4.84. The van der Waals surface area contributed by atoms with E-state index in [9.17, 15) is 19.2 Å². The van der Waals surface area contributed by atoms with Gasteiger partial charge in [-0.15, -0.1) is 0 Å². The number of amides is 2. The minimum absolute atomic E-state index is 0.0171. The Kier molecular flexibility index (Phi) is 3.87. The number of hydroxylamine groups is 2. The van der Waals surface area contributed by atoms with Crippen LogP contribution in [-0.4, -0.2) is 35.9 Å². The summed E-state index contributed by atoms with van der Waals surface area (Å²) in [5.41, 5.74) is 0.228. The van der Waals surface area contributed by atoms with Gasteiger partial charge in [-0.3, -0.25) is 14.4 Å². The summed E-state index contributed by atoms with van der Waals surface area (Å²) < 4.78 is 9.55. The fourth-order valence-electron chi connectivity index (χ4n) is 2.24. The lowest BCUT2D eigenvalue weighted by atomic mass is 10.1. The smallest absolute Gasteiger partial charge is 0.367 e. The lowest BCUT2D eigenvalue weighted by Gasteiger charge is -2.12. The van der Waals surface area contributed by atoms with E-state index in [1.807, 2.05) is 0 Å². The van der Waals surface area contributed by atoms with E-state index in [2.05, 4.69) is 4.74 Å². The normalized spacial score (nSPS) is 13.0. The fraction of sp³-hybridized carbons (Fsp3) is 0.125. The summed E-state index contributed by atoms with van der Waals surface area (Å²) in [7, 11) is 1.20. The van der Waals surface area contributed by atoms with Crippen molar-refractivity contribution in [2.45, 2.75) is 6.42 Å². The number of nitrogens with zero attached hydrogens (tertiary/aromatic N) is 1. The molecule has 2 aromatic rings. The highest BCUT2D eigenvalue weighted by Gasteiger charge is 2.39. The molecule has 0 saturated carbocycles. The number of fused-ring (bicyclic) bond motifs is 1. The Morgan fingerprint density at radius 1 is 1.08 bits per heavy atom. The van der Waals surface area contributed by atoms with E-state index in [-0.39, 0.29) is 28.9 Å². The second-order valence-corrected chi connectivity index (χ2v) is 4.84. The number of imide groups is 1. The molecule has 2 amide bonds. The first-order valence-electron chi connectivity index (χ1n) is 6.86. The summed E-state index contributed by atoms with van der Waals surface area (Å²) in [5, 5.41) is 0.391. The molecule has 0 unspecified atom stereocenters. The van der Waals surface area contributed by atoms with Crippen LogP contribution in [-0.2, 0) is 20.8 Å². The third kappa shape index (κ3) is 2.54. The molecule has 0 radical (unpaired) electrons. The van der Waals surface area contributed by atoms with E-state index < -0.39 is 23.8 Å². The standard InChI is InChI=1S/C16H11NO7/c1-22-13(18)8-12-11(6-7-23-12)16(21)24-17-14(19)9-4-2-3-5-10(9)15(17)20/h2-7H,8H2,1H3. The summed E-state index contributed by atoms with van der Waals surface area (Å²) in [6, 6.07) is 7.40. The van der Waals surface area contributed by atoms with Gasteiger partial charge in [-0.2, -0.15) is 0 Å². The average Bonchev–Trinajstić information content (AvgIpc) is 3.14. The summed E-state index contributed by atoms with van der Waals surface area (Å²) in [6.45, 7) is 0. The lowest BCUT2D eigenvalue weighted by Crippen LogP contribution is -2.32. The molecule has 3 rings (SSSR count). The first-order valence-corrected chi connectivity index (χ1v) is 6.86. The van der Waals surface area contributed by atoms with Crippen molar-refractivity contribution < 1.29 is 33.2 Å². The molecule has 8 nitrogen and oxygen atoms in total. The number of hydrogen-bond donors (Lipinski definition) is 0. The summed E-state index contributed by atoms with van der Waals surface area (Å²) in [6.07, 6.45) is 0.910. The number of hydrogen-bond acceptors (Lipinski definition) is 7. The third-order valence-electron chi connectivity index (χ3n) is 3.43. The minimum Gasteiger partial charge on any atom is -0.469 e. The predicted octanol–water partition coefficient (Wildman–Crippen LogP) is 1.36. The molecule has 8 heteroatoms. The molecule has 0 N–H and O–H groups in total. The number of ether oxygens (including phenoxy) is 1. The number of benzene rings is 1. The molecule has 1 aliphatic rings. The monoisotopic (exact) mass is 329 g/mol. The average molecular weight is 329 g/mol. The molecule has 1 aromatic heterocycles. The van der Waals surface area contributed by atoms with Crippen LogP contribution in [0.25, 0.3) is 0 Å². The van der Waals surface area contributed by atoms with Crippen molar-refractivity contribution in [3.8, 4) is 0 Å². The Morgan fingerprint density at radius 2 is 1.71 bits per heavy atom. The van der Waals surface area contributed by atoms with Gasteiger partial charge in [-0.1, -0.05) is 17.2 Å². The molecular weight excluding hydrogens is 318 g/mol. The number of carbonyl (C=O) groups is 4. The van der Waals surface area contributed by atoms with Gasteiger partial charge in [0.15, 0.2) is 0 Å². The Labute approximate surface area is 135 Å². The van der Waals surface area contributed by atoms with Crippen molar-refractivity contribution in [3.05, 3.63) is 59.0 Å². The topological polar surface area (TPSA) is 103 Å². The van der Waals surface area contributed by atoms with E-state index in [1.165, 1.54) is 31.6 Å². The van der Waals surface area contributed by atoms with Crippen LogP contribution in [0, 0.1) is 0 Å². The Balaban J connectivity index is 1.80. The molecule has 0 saturated heterocycles. The Morgan fingerprint density at radius 3 is 2.29 bits per heavy atom.